The Labute approximate surface area is 83.3 Å². The number of carbonyl (C=O) groups excluding carboxylic acids is 1. The molecule has 0 saturated carbocycles. The molecule has 1 saturated heterocycles. The lowest BCUT2D eigenvalue weighted by Gasteiger charge is -2.33. The Bertz CT molecular complexity index is 263. The summed E-state index contributed by atoms with van der Waals surface area (Å²) in [4.78, 5) is 13.3. The Morgan fingerprint density at radius 1 is 1.57 bits per heavy atom. The van der Waals surface area contributed by atoms with E-state index < -0.39 is 0 Å². The van der Waals surface area contributed by atoms with Crippen molar-refractivity contribution in [1.29, 1.82) is 0 Å². The number of rotatable bonds is 2. The Kier molecular flexibility index (Phi) is 3.83. The van der Waals surface area contributed by atoms with E-state index in [2.05, 4.69) is 5.32 Å². The Morgan fingerprint density at radius 3 is 2.86 bits per heavy atom. The second-order valence-electron chi connectivity index (χ2n) is 3.29. The van der Waals surface area contributed by atoms with Gasteiger partial charge >= 0.3 is 0 Å². The van der Waals surface area contributed by atoms with E-state index in [4.69, 9.17) is 0 Å². The molecule has 2 atom stereocenters. The predicted octanol–water partition coefficient (Wildman–Crippen LogP) is 1.05. The van der Waals surface area contributed by atoms with Crippen LogP contribution in [0, 0.1) is 5.92 Å². The average Bonchev–Trinajstić information content (AvgIpc) is 2.18. The minimum atomic E-state index is -0.300. The molecular formula is C10H15FN2O. The van der Waals surface area contributed by atoms with Gasteiger partial charge in [0.2, 0.25) is 5.91 Å². The Balaban J connectivity index is 2.81. The molecule has 0 radical (unpaired) electrons. The number of nitrogens with one attached hydrogen (secondary N) is 1. The molecule has 1 N–H and O–H groups in total. The first kappa shape index (κ1) is 10.9. The second kappa shape index (κ2) is 4.91. The summed E-state index contributed by atoms with van der Waals surface area (Å²) in [6.07, 6.45) is 5.44. The predicted molar refractivity (Wildman–Crippen MR) is 53.1 cm³/mol. The van der Waals surface area contributed by atoms with Crippen LogP contribution in [0.2, 0.25) is 0 Å². The van der Waals surface area contributed by atoms with Crippen LogP contribution in [0.15, 0.2) is 24.6 Å². The van der Waals surface area contributed by atoms with E-state index >= 15 is 0 Å². The lowest BCUT2D eigenvalue weighted by atomic mass is 9.96. The van der Waals surface area contributed by atoms with Gasteiger partial charge in [0.1, 0.15) is 0 Å². The average molecular weight is 198 g/mol. The smallest absolute Gasteiger partial charge is 0.232 e. The van der Waals surface area contributed by atoms with Crippen LogP contribution in [0.25, 0.3) is 0 Å². The van der Waals surface area contributed by atoms with Crippen LogP contribution in [-0.4, -0.2) is 30.6 Å². The SMILES string of the molecule is C/C=C/C1C(=O)N(C)CNC1/C=C/F. The Hall–Kier alpha value is -1.16. The maximum Gasteiger partial charge on any atom is 0.232 e. The minimum Gasteiger partial charge on any atom is -0.332 e. The van der Waals surface area contributed by atoms with Crippen molar-refractivity contribution in [3.05, 3.63) is 24.6 Å². The molecule has 14 heavy (non-hydrogen) atoms. The van der Waals surface area contributed by atoms with Crippen molar-refractivity contribution in [2.75, 3.05) is 13.7 Å². The number of halogens is 1. The number of allylic oxidation sites excluding steroid dienone is 1. The van der Waals surface area contributed by atoms with E-state index in [9.17, 15) is 9.18 Å². The molecule has 0 aliphatic carbocycles. The van der Waals surface area contributed by atoms with Gasteiger partial charge in [0, 0.05) is 13.1 Å². The zero-order valence-electron chi connectivity index (χ0n) is 8.40. The molecule has 2 unspecified atom stereocenters. The third kappa shape index (κ3) is 2.20. The summed E-state index contributed by atoms with van der Waals surface area (Å²) in [7, 11) is 1.72. The van der Waals surface area contributed by atoms with Crippen molar-refractivity contribution < 1.29 is 9.18 Å². The highest BCUT2D eigenvalue weighted by molar-refractivity contribution is 5.82. The first-order valence-electron chi connectivity index (χ1n) is 4.58. The number of amides is 1. The summed E-state index contributed by atoms with van der Waals surface area (Å²) in [5, 5.41) is 3.06. The monoisotopic (exact) mass is 198 g/mol. The van der Waals surface area contributed by atoms with Gasteiger partial charge in [0.15, 0.2) is 0 Å². The summed E-state index contributed by atoms with van der Waals surface area (Å²) >= 11 is 0. The van der Waals surface area contributed by atoms with Crippen molar-refractivity contribution in [3.8, 4) is 0 Å². The van der Waals surface area contributed by atoms with Gasteiger partial charge < -0.3 is 4.90 Å². The number of hydrogen-bond acceptors (Lipinski definition) is 2. The van der Waals surface area contributed by atoms with Crippen LogP contribution >= 0.6 is 0 Å². The van der Waals surface area contributed by atoms with Crippen molar-refractivity contribution in [2.24, 2.45) is 5.92 Å². The third-order valence-electron chi connectivity index (χ3n) is 2.29. The van der Waals surface area contributed by atoms with Crippen LogP contribution in [0.1, 0.15) is 6.92 Å². The largest absolute Gasteiger partial charge is 0.332 e. The minimum absolute atomic E-state index is 0.0185. The number of hydrogen-bond donors (Lipinski definition) is 1. The summed E-state index contributed by atoms with van der Waals surface area (Å²) in [5.74, 6) is -0.282. The molecule has 1 rings (SSSR count). The maximum absolute atomic E-state index is 12.0. The molecule has 0 bridgehead atoms. The van der Waals surface area contributed by atoms with E-state index in [1.54, 1.807) is 18.0 Å². The van der Waals surface area contributed by atoms with Crippen molar-refractivity contribution >= 4 is 5.91 Å². The first-order valence-corrected chi connectivity index (χ1v) is 4.58. The van der Waals surface area contributed by atoms with Gasteiger partial charge in [-0.1, -0.05) is 12.2 Å². The van der Waals surface area contributed by atoms with Crippen molar-refractivity contribution in [1.82, 2.24) is 10.2 Å². The molecule has 0 aromatic heterocycles. The van der Waals surface area contributed by atoms with E-state index in [0.717, 1.165) is 0 Å². The standard InChI is InChI=1S/C10H15FN2O/c1-3-4-8-9(5-6-11)12-7-13(2)10(8)14/h3-6,8-9,12H,7H2,1-2H3/b4-3+,6-5+. The molecule has 1 aliphatic rings. The number of carbonyl (C=O) groups is 1. The Morgan fingerprint density at radius 2 is 2.29 bits per heavy atom. The number of nitrogens with zero attached hydrogens (tertiary/aromatic N) is 1. The molecule has 1 amide bonds. The second-order valence-corrected chi connectivity index (χ2v) is 3.29. The summed E-state index contributed by atoms with van der Waals surface area (Å²) in [6.45, 7) is 2.31. The fourth-order valence-electron chi connectivity index (χ4n) is 1.53. The van der Waals surface area contributed by atoms with Gasteiger partial charge in [-0.15, -0.1) is 0 Å². The molecule has 0 aromatic carbocycles. The highest BCUT2D eigenvalue weighted by Crippen LogP contribution is 2.15. The molecule has 78 valence electrons. The molecule has 0 spiro atoms. The van der Waals surface area contributed by atoms with Crippen LogP contribution in [0.5, 0.6) is 0 Å². The lowest BCUT2D eigenvalue weighted by Crippen LogP contribution is -2.54. The lowest BCUT2D eigenvalue weighted by molar-refractivity contribution is -0.136. The van der Waals surface area contributed by atoms with Crippen molar-refractivity contribution in [2.45, 2.75) is 13.0 Å². The maximum atomic E-state index is 12.0. The molecular weight excluding hydrogens is 183 g/mol. The van der Waals surface area contributed by atoms with Crippen LogP contribution in [0.3, 0.4) is 0 Å². The fraction of sp³-hybridized carbons (Fsp3) is 0.500. The molecule has 0 aromatic rings. The first-order chi connectivity index (χ1) is 6.70. The highest BCUT2D eigenvalue weighted by atomic mass is 19.1. The molecule has 4 heteroatoms. The van der Waals surface area contributed by atoms with Gasteiger partial charge in [-0.3, -0.25) is 10.1 Å². The summed E-state index contributed by atoms with van der Waals surface area (Å²) in [6, 6.07) is -0.236. The molecule has 1 heterocycles. The van der Waals surface area contributed by atoms with E-state index in [0.29, 0.717) is 13.0 Å². The molecule has 1 aliphatic heterocycles. The normalized spacial score (nSPS) is 29.4. The summed E-state index contributed by atoms with van der Waals surface area (Å²) < 4.78 is 12.0. The zero-order valence-corrected chi connectivity index (χ0v) is 8.40. The van der Waals surface area contributed by atoms with Crippen LogP contribution in [-0.2, 0) is 4.79 Å². The zero-order chi connectivity index (χ0) is 10.6. The fourth-order valence-corrected chi connectivity index (χ4v) is 1.53. The van der Waals surface area contributed by atoms with Gasteiger partial charge in [-0.05, 0) is 13.0 Å². The van der Waals surface area contributed by atoms with E-state index in [1.807, 2.05) is 13.0 Å². The van der Waals surface area contributed by atoms with E-state index in [1.165, 1.54) is 6.08 Å². The van der Waals surface area contributed by atoms with Gasteiger partial charge in [-0.2, -0.15) is 0 Å². The molecule has 3 nitrogen and oxygen atoms in total. The summed E-state index contributed by atoms with van der Waals surface area (Å²) in [5.41, 5.74) is 0. The highest BCUT2D eigenvalue weighted by Gasteiger charge is 2.30. The van der Waals surface area contributed by atoms with Gasteiger partial charge in [0.25, 0.3) is 0 Å². The van der Waals surface area contributed by atoms with E-state index in [-0.39, 0.29) is 17.9 Å². The van der Waals surface area contributed by atoms with Crippen LogP contribution in [0.4, 0.5) is 4.39 Å². The third-order valence-corrected chi connectivity index (χ3v) is 2.29. The van der Waals surface area contributed by atoms with Crippen molar-refractivity contribution in [3.63, 3.8) is 0 Å². The molecule has 1 fully saturated rings. The van der Waals surface area contributed by atoms with Gasteiger partial charge in [-0.25, -0.2) is 4.39 Å². The topological polar surface area (TPSA) is 32.3 Å². The van der Waals surface area contributed by atoms with Crippen LogP contribution < -0.4 is 5.32 Å². The quantitative estimate of drug-likeness (QED) is 0.673. The van der Waals surface area contributed by atoms with Gasteiger partial charge in [0.05, 0.1) is 18.9 Å².